The van der Waals surface area contributed by atoms with Gasteiger partial charge < -0.3 is 20.3 Å². The van der Waals surface area contributed by atoms with E-state index in [0.29, 0.717) is 13.2 Å². The van der Waals surface area contributed by atoms with Crippen molar-refractivity contribution < 1.29 is 14.3 Å². The third-order valence-corrected chi connectivity index (χ3v) is 3.59. The van der Waals surface area contributed by atoms with Gasteiger partial charge in [0.2, 0.25) is 11.8 Å². The van der Waals surface area contributed by atoms with Crippen LogP contribution >= 0.6 is 12.4 Å². The molecular weight excluding hydrogens is 282 g/mol. The minimum Gasteiger partial charge on any atom is -0.383 e. The van der Waals surface area contributed by atoms with Crippen molar-refractivity contribution in [3.63, 3.8) is 0 Å². The van der Waals surface area contributed by atoms with Crippen LogP contribution in [0.3, 0.4) is 0 Å². The minimum absolute atomic E-state index is 0. The van der Waals surface area contributed by atoms with Gasteiger partial charge in [-0.3, -0.25) is 9.59 Å². The second-order valence-corrected chi connectivity index (χ2v) is 5.24. The maximum atomic E-state index is 12.4. The Morgan fingerprint density at radius 1 is 1.30 bits per heavy atom. The molecule has 6 nitrogen and oxygen atoms in total. The number of nitrogens with two attached hydrogens (primary N) is 1. The van der Waals surface area contributed by atoms with Gasteiger partial charge in [0.25, 0.3) is 0 Å². The second-order valence-electron chi connectivity index (χ2n) is 5.24. The Bertz CT molecular complexity index is 326. The van der Waals surface area contributed by atoms with Crippen LogP contribution in [0.2, 0.25) is 0 Å². The standard InChI is InChI=1S/C13H25N3O3.ClH/c1-15(2)12(17)9-16(7-8-19-3)13(18)10-5-4-6-11(10)14;/h10-11H,4-9,14H2,1-3H3;1H. The Hall–Kier alpha value is -0.850. The van der Waals surface area contributed by atoms with Gasteiger partial charge in [-0.25, -0.2) is 0 Å². The molecule has 1 aliphatic carbocycles. The number of hydrogen-bond donors (Lipinski definition) is 1. The van der Waals surface area contributed by atoms with Crippen molar-refractivity contribution in [3.05, 3.63) is 0 Å². The number of nitrogens with zero attached hydrogens (tertiary/aromatic N) is 2. The molecule has 0 spiro atoms. The summed E-state index contributed by atoms with van der Waals surface area (Å²) in [6.45, 7) is 0.949. The van der Waals surface area contributed by atoms with Crippen LogP contribution in [0.25, 0.3) is 0 Å². The van der Waals surface area contributed by atoms with E-state index in [1.165, 1.54) is 4.90 Å². The molecule has 1 rings (SSSR count). The van der Waals surface area contributed by atoms with Crippen LogP contribution in [0.5, 0.6) is 0 Å². The summed E-state index contributed by atoms with van der Waals surface area (Å²) in [6.07, 6.45) is 2.69. The fraction of sp³-hybridized carbons (Fsp3) is 0.846. The van der Waals surface area contributed by atoms with Gasteiger partial charge in [-0.2, -0.15) is 0 Å². The van der Waals surface area contributed by atoms with Crippen molar-refractivity contribution in [1.29, 1.82) is 0 Å². The van der Waals surface area contributed by atoms with Crippen LogP contribution in [0, 0.1) is 5.92 Å². The average Bonchev–Trinajstić information content (AvgIpc) is 2.79. The highest BCUT2D eigenvalue weighted by atomic mass is 35.5. The third-order valence-electron chi connectivity index (χ3n) is 3.59. The molecular formula is C13H26ClN3O3. The molecule has 0 heterocycles. The van der Waals surface area contributed by atoms with Crippen molar-refractivity contribution in [1.82, 2.24) is 9.80 Å². The maximum absolute atomic E-state index is 12.4. The highest BCUT2D eigenvalue weighted by Gasteiger charge is 2.33. The predicted molar refractivity (Wildman–Crippen MR) is 79.7 cm³/mol. The van der Waals surface area contributed by atoms with Gasteiger partial charge in [-0.05, 0) is 12.8 Å². The van der Waals surface area contributed by atoms with E-state index in [0.717, 1.165) is 19.3 Å². The average molecular weight is 308 g/mol. The molecule has 0 aromatic rings. The first kappa shape index (κ1) is 19.1. The summed E-state index contributed by atoms with van der Waals surface area (Å²) in [7, 11) is 4.95. The molecule has 0 aromatic carbocycles. The van der Waals surface area contributed by atoms with Gasteiger partial charge in [0.05, 0.1) is 19.1 Å². The number of halogens is 1. The molecule has 0 aromatic heterocycles. The molecule has 0 radical (unpaired) electrons. The predicted octanol–water partition coefficient (Wildman–Crippen LogP) is 0.0988. The molecule has 2 N–H and O–H groups in total. The first-order chi connectivity index (χ1) is 8.97. The molecule has 2 atom stereocenters. The fourth-order valence-electron chi connectivity index (χ4n) is 2.30. The first-order valence-corrected chi connectivity index (χ1v) is 6.70. The highest BCUT2D eigenvalue weighted by molar-refractivity contribution is 5.86. The van der Waals surface area contributed by atoms with Crippen LogP contribution in [-0.2, 0) is 14.3 Å². The number of methoxy groups -OCH3 is 1. The third kappa shape index (κ3) is 5.26. The largest absolute Gasteiger partial charge is 0.383 e. The second kappa shape index (κ2) is 9.15. The molecule has 0 saturated heterocycles. The van der Waals surface area contributed by atoms with E-state index in [2.05, 4.69) is 0 Å². The van der Waals surface area contributed by atoms with Crippen LogP contribution < -0.4 is 5.73 Å². The fourth-order valence-corrected chi connectivity index (χ4v) is 2.30. The topological polar surface area (TPSA) is 75.9 Å². The summed E-state index contributed by atoms with van der Waals surface area (Å²) in [5, 5.41) is 0. The van der Waals surface area contributed by atoms with Gasteiger partial charge in [0.15, 0.2) is 0 Å². The molecule has 1 saturated carbocycles. The van der Waals surface area contributed by atoms with Gasteiger partial charge in [-0.15, -0.1) is 12.4 Å². The highest BCUT2D eigenvalue weighted by Crippen LogP contribution is 2.25. The van der Waals surface area contributed by atoms with Crippen molar-refractivity contribution in [3.8, 4) is 0 Å². The number of hydrogen-bond acceptors (Lipinski definition) is 4. The van der Waals surface area contributed by atoms with Gasteiger partial charge >= 0.3 is 0 Å². The molecule has 1 aliphatic rings. The van der Waals surface area contributed by atoms with Crippen LogP contribution in [0.1, 0.15) is 19.3 Å². The summed E-state index contributed by atoms with van der Waals surface area (Å²) in [6, 6.07) is -0.0768. The number of rotatable bonds is 6. The summed E-state index contributed by atoms with van der Waals surface area (Å²) in [4.78, 5) is 27.3. The van der Waals surface area contributed by atoms with Crippen molar-refractivity contribution in [2.75, 3.05) is 40.9 Å². The number of ether oxygens (including phenoxy) is 1. The lowest BCUT2D eigenvalue weighted by molar-refractivity contribution is -0.142. The SMILES string of the molecule is COCCN(CC(=O)N(C)C)C(=O)C1CCCC1N.Cl. The Morgan fingerprint density at radius 3 is 2.40 bits per heavy atom. The molecule has 7 heteroatoms. The van der Waals surface area contributed by atoms with Crippen LogP contribution in [0.4, 0.5) is 0 Å². The van der Waals surface area contributed by atoms with Gasteiger partial charge in [0, 0.05) is 33.8 Å². The number of carbonyl (C=O) groups is 2. The Labute approximate surface area is 127 Å². The number of likely N-dealkylation sites (N-methyl/N-ethyl adjacent to an activating group) is 1. The molecule has 118 valence electrons. The zero-order valence-corrected chi connectivity index (χ0v) is 13.3. The lowest BCUT2D eigenvalue weighted by Gasteiger charge is -2.27. The lowest BCUT2D eigenvalue weighted by Crippen LogP contribution is -2.47. The van der Waals surface area contributed by atoms with Crippen LogP contribution in [-0.4, -0.2) is 68.6 Å². The van der Waals surface area contributed by atoms with E-state index in [1.807, 2.05) is 0 Å². The van der Waals surface area contributed by atoms with E-state index < -0.39 is 0 Å². The zero-order valence-electron chi connectivity index (χ0n) is 12.5. The van der Waals surface area contributed by atoms with Crippen molar-refractivity contribution in [2.24, 2.45) is 11.7 Å². The Morgan fingerprint density at radius 2 is 1.95 bits per heavy atom. The first-order valence-electron chi connectivity index (χ1n) is 6.70. The number of amides is 2. The quantitative estimate of drug-likeness (QED) is 0.755. The van der Waals surface area contributed by atoms with E-state index in [4.69, 9.17) is 10.5 Å². The molecule has 2 unspecified atom stereocenters. The van der Waals surface area contributed by atoms with E-state index in [1.54, 1.807) is 26.1 Å². The van der Waals surface area contributed by atoms with E-state index >= 15 is 0 Å². The smallest absolute Gasteiger partial charge is 0.241 e. The Kier molecular flexibility index (Phi) is 8.76. The minimum atomic E-state index is -0.146. The van der Waals surface area contributed by atoms with Crippen LogP contribution in [0.15, 0.2) is 0 Å². The molecule has 20 heavy (non-hydrogen) atoms. The number of carbonyl (C=O) groups excluding carboxylic acids is 2. The lowest BCUT2D eigenvalue weighted by atomic mass is 10.0. The maximum Gasteiger partial charge on any atom is 0.241 e. The van der Waals surface area contributed by atoms with E-state index in [-0.39, 0.29) is 42.7 Å². The molecule has 2 amide bonds. The molecule has 0 aliphatic heterocycles. The van der Waals surface area contributed by atoms with Crippen molar-refractivity contribution >= 4 is 24.2 Å². The summed E-state index contributed by atoms with van der Waals surface area (Å²) >= 11 is 0. The summed E-state index contributed by atoms with van der Waals surface area (Å²) < 4.78 is 5.00. The zero-order chi connectivity index (χ0) is 14.4. The molecule has 1 fully saturated rings. The summed E-state index contributed by atoms with van der Waals surface area (Å²) in [5.74, 6) is -0.250. The molecule has 0 bridgehead atoms. The normalized spacial score (nSPS) is 21.2. The van der Waals surface area contributed by atoms with Gasteiger partial charge in [0.1, 0.15) is 0 Å². The monoisotopic (exact) mass is 307 g/mol. The van der Waals surface area contributed by atoms with Crippen molar-refractivity contribution in [2.45, 2.75) is 25.3 Å². The Balaban J connectivity index is 0.00000361. The summed E-state index contributed by atoms with van der Waals surface area (Å²) in [5.41, 5.74) is 5.96. The van der Waals surface area contributed by atoms with Gasteiger partial charge in [-0.1, -0.05) is 6.42 Å². The van der Waals surface area contributed by atoms with E-state index in [9.17, 15) is 9.59 Å².